The fourth-order valence-corrected chi connectivity index (χ4v) is 4.54. The third kappa shape index (κ3) is 7.11. The maximum absolute atomic E-state index is 13.0. The molecule has 2 aliphatic heterocycles. The number of halogens is 2. The zero-order valence-electron chi connectivity index (χ0n) is 17.7. The normalized spacial score (nSPS) is 21.5. The van der Waals surface area contributed by atoms with Crippen LogP contribution in [0, 0.1) is 11.3 Å². The number of rotatable bonds is 7. The van der Waals surface area contributed by atoms with Crippen molar-refractivity contribution in [1.82, 2.24) is 15.5 Å². The minimum atomic E-state index is -0.392. The molecule has 2 fully saturated rings. The number of likely N-dealkylation sites (tertiary alicyclic amines) is 1. The highest BCUT2D eigenvalue weighted by Gasteiger charge is 2.39. The van der Waals surface area contributed by atoms with E-state index in [4.69, 9.17) is 4.74 Å². The molecule has 1 atom stereocenters. The van der Waals surface area contributed by atoms with E-state index in [-0.39, 0.29) is 30.7 Å². The number of methoxy groups -OCH3 is 1. The molecule has 2 N–H and O–H groups in total. The molecule has 1 aromatic rings. The monoisotopic (exact) mass is 445 g/mol. The number of hydrogen-bond acceptors (Lipinski definition) is 4. The number of nitrogens with zero attached hydrogens (tertiary/aromatic N) is 1. The molecule has 5 nitrogen and oxygen atoms in total. The predicted molar refractivity (Wildman–Crippen MR) is 123 cm³/mol. The van der Waals surface area contributed by atoms with Gasteiger partial charge >= 0.3 is 0 Å². The van der Waals surface area contributed by atoms with Crippen molar-refractivity contribution in [2.75, 3.05) is 39.9 Å². The molecule has 1 unspecified atom stereocenters. The number of ether oxygens (including phenoxy) is 1. The quantitative estimate of drug-likeness (QED) is 0.674. The zero-order valence-corrected chi connectivity index (χ0v) is 19.4. The molecule has 1 amide bonds. The molecule has 2 heterocycles. The lowest BCUT2D eigenvalue weighted by Gasteiger charge is -2.35. The first-order valence-corrected chi connectivity index (χ1v) is 10.4. The van der Waals surface area contributed by atoms with E-state index in [9.17, 15) is 4.79 Å². The van der Waals surface area contributed by atoms with Crippen molar-refractivity contribution in [1.29, 1.82) is 0 Å². The molecule has 29 heavy (non-hydrogen) atoms. The molecule has 166 valence electrons. The van der Waals surface area contributed by atoms with Crippen molar-refractivity contribution >= 4 is 30.7 Å². The van der Waals surface area contributed by atoms with E-state index >= 15 is 0 Å². The van der Waals surface area contributed by atoms with Gasteiger partial charge in [-0.1, -0.05) is 31.2 Å². The summed E-state index contributed by atoms with van der Waals surface area (Å²) in [6.07, 6.45) is 4.29. The van der Waals surface area contributed by atoms with Crippen molar-refractivity contribution in [2.45, 2.75) is 45.7 Å². The van der Waals surface area contributed by atoms with Gasteiger partial charge in [-0.15, -0.1) is 24.8 Å². The summed E-state index contributed by atoms with van der Waals surface area (Å²) in [5, 5.41) is 6.56. The Morgan fingerprint density at radius 2 is 1.93 bits per heavy atom. The van der Waals surface area contributed by atoms with Gasteiger partial charge in [0.25, 0.3) is 0 Å². The molecule has 7 heteroatoms. The number of carbonyl (C=O) groups excluding carboxylic acids is 1. The average Bonchev–Trinajstić information content (AvgIpc) is 2.68. The smallest absolute Gasteiger partial charge is 0.228 e. The van der Waals surface area contributed by atoms with Crippen LogP contribution in [0.15, 0.2) is 24.3 Å². The maximum atomic E-state index is 13.0. The number of piperidine rings is 2. The summed E-state index contributed by atoms with van der Waals surface area (Å²) >= 11 is 0. The van der Waals surface area contributed by atoms with Crippen molar-refractivity contribution in [3.8, 4) is 0 Å². The van der Waals surface area contributed by atoms with Crippen LogP contribution in [0.4, 0.5) is 0 Å². The second-order valence-electron chi connectivity index (χ2n) is 8.40. The van der Waals surface area contributed by atoms with E-state index in [1.807, 2.05) is 0 Å². The van der Waals surface area contributed by atoms with E-state index in [2.05, 4.69) is 46.7 Å². The minimum Gasteiger partial charge on any atom is -0.384 e. The number of nitrogens with one attached hydrogen (secondary N) is 2. The van der Waals surface area contributed by atoms with Gasteiger partial charge in [0.05, 0.1) is 12.0 Å². The average molecular weight is 446 g/mol. The third-order valence-electron chi connectivity index (χ3n) is 6.16. The molecular weight excluding hydrogens is 409 g/mol. The SMILES string of the molecule is COCC1(C(=O)NCc2ccccc2CN2CCCC(C)C2)CCNCC1.Cl.Cl. The lowest BCUT2D eigenvalue weighted by Crippen LogP contribution is -2.50. The van der Waals surface area contributed by atoms with Crippen LogP contribution in [0.1, 0.15) is 43.7 Å². The van der Waals surface area contributed by atoms with Crippen molar-refractivity contribution in [3.63, 3.8) is 0 Å². The van der Waals surface area contributed by atoms with Crippen LogP contribution >= 0.6 is 24.8 Å². The van der Waals surface area contributed by atoms with Crippen LogP contribution in [0.3, 0.4) is 0 Å². The second-order valence-corrected chi connectivity index (χ2v) is 8.40. The van der Waals surface area contributed by atoms with Crippen LogP contribution in [0.25, 0.3) is 0 Å². The Morgan fingerprint density at radius 3 is 2.59 bits per heavy atom. The molecule has 0 aromatic heterocycles. The first-order chi connectivity index (χ1) is 13.1. The van der Waals surface area contributed by atoms with Crippen molar-refractivity contribution in [3.05, 3.63) is 35.4 Å². The maximum Gasteiger partial charge on any atom is 0.228 e. The van der Waals surface area contributed by atoms with E-state index in [1.165, 1.54) is 37.1 Å². The van der Waals surface area contributed by atoms with E-state index in [1.54, 1.807) is 7.11 Å². The Balaban J connectivity index is 0.00000210. The van der Waals surface area contributed by atoms with Gasteiger partial charge < -0.3 is 15.4 Å². The van der Waals surface area contributed by atoms with Crippen LogP contribution in [-0.4, -0.2) is 50.7 Å². The fourth-order valence-electron chi connectivity index (χ4n) is 4.54. The van der Waals surface area contributed by atoms with E-state index in [0.29, 0.717) is 13.2 Å². The van der Waals surface area contributed by atoms with Crippen LogP contribution in [-0.2, 0) is 22.6 Å². The highest BCUT2D eigenvalue weighted by atomic mass is 35.5. The van der Waals surface area contributed by atoms with Gasteiger partial charge in [-0.3, -0.25) is 9.69 Å². The Hall–Kier alpha value is -0.850. The number of amides is 1. The summed E-state index contributed by atoms with van der Waals surface area (Å²) in [5.41, 5.74) is 2.17. The predicted octanol–water partition coefficient (Wildman–Crippen LogP) is 3.39. The Labute approximate surface area is 188 Å². The standard InChI is InChI=1S/C22H35N3O2.2ClH/c1-18-6-5-13-25(15-18)16-20-8-4-3-7-19(20)14-24-21(26)22(17-27-2)9-11-23-12-10-22;;/h3-4,7-8,18,23H,5-6,9-17H2,1-2H3,(H,24,26);2*1H. The number of benzene rings is 1. The first-order valence-electron chi connectivity index (χ1n) is 10.4. The molecule has 2 saturated heterocycles. The molecular formula is C22H37Cl2N3O2. The Morgan fingerprint density at radius 1 is 1.24 bits per heavy atom. The first kappa shape index (κ1) is 26.2. The topological polar surface area (TPSA) is 53.6 Å². The van der Waals surface area contributed by atoms with Gasteiger partial charge in [-0.25, -0.2) is 0 Å². The number of hydrogen-bond donors (Lipinski definition) is 2. The van der Waals surface area contributed by atoms with E-state index < -0.39 is 5.41 Å². The van der Waals surface area contributed by atoms with Crippen molar-refractivity contribution < 1.29 is 9.53 Å². The van der Waals surface area contributed by atoms with Gasteiger partial charge in [0.1, 0.15) is 0 Å². The van der Waals surface area contributed by atoms with Crippen LogP contribution in [0.2, 0.25) is 0 Å². The van der Waals surface area contributed by atoms with Gasteiger partial charge in [-0.2, -0.15) is 0 Å². The summed E-state index contributed by atoms with van der Waals surface area (Å²) in [6, 6.07) is 8.52. The van der Waals surface area contributed by atoms with Gasteiger partial charge in [-0.05, 0) is 62.4 Å². The Bertz CT molecular complexity index is 618. The van der Waals surface area contributed by atoms with Crippen LogP contribution < -0.4 is 10.6 Å². The lowest BCUT2D eigenvalue weighted by atomic mass is 9.78. The molecule has 0 saturated carbocycles. The molecule has 2 aliphatic rings. The second kappa shape index (κ2) is 12.8. The van der Waals surface area contributed by atoms with Gasteiger partial charge in [0, 0.05) is 26.7 Å². The van der Waals surface area contributed by atoms with Gasteiger partial charge in [0.15, 0.2) is 0 Å². The summed E-state index contributed by atoms with van der Waals surface area (Å²) in [7, 11) is 1.69. The summed E-state index contributed by atoms with van der Waals surface area (Å²) in [5.74, 6) is 0.909. The summed E-state index contributed by atoms with van der Waals surface area (Å²) < 4.78 is 5.40. The molecule has 0 bridgehead atoms. The lowest BCUT2D eigenvalue weighted by molar-refractivity contribution is -0.136. The number of carbonyl (C=O) groups is 1. The minimum absolute atomic E-state index is 0. The molecule has 0 aliphatic carbocycles. The largest absolute Gasteiger partial charge is 0.384 e. The fraction of sp³-hybridized carbons (Fsp3) is 0.682. The molecule has 0 radical (unpaired) electrons. The van der Waals surface area contributed by atoms with Crippen molar-refractivity contribution in [2.24, 2.45) is 11.3 Å². The summed E-state index contributed by atoms with van der Waals surface area (Å²) in [6.45, 7) is 8.50. The molecule has 0 spiro atoms. The molecule has 1 aromatic carbocycles. The third-order valence-corrected chi connectivity index (χ3v) is 6.16. The highest BCUT2D eigenvalue weighted by Crippen LogP contribution is 2.29. The zero-order chi connectivity index (χ0) is 19.1. The molecule has 3 rings (SSSR count). The highest BCUT2D eigenvalue weighted by molar-refractivity contribution is 5.85. The summed E-state index contributed by atoms with van der Waals surface area (Å²) in [4.78, 5) is 15.5. The Kier molecular flexibility index (Phi) is 11.5. The van der Waals surface area contributed by atoms with E-state index in [0.717, 1.165) is 38.4 Å². The van der Waals surface area contributed by atoms with Gasteiger partial charge in [0.2, 0.25) is 5.91 Å². The van der Waals surface area contributed by atoms with Crippen LogP contribution in [0.5, 0.6) is 0 Å².